The molecule has 1 aromatic carbocycles. The summed E-state index contributed by atoms with van der Waals surface area (Å²) < 4.78 is 39.0. The van der Waals surface area contributed by atoms with Gasteiger partial charge in [0.1, 0.15) is 10.4 Å². The molecule has 7 nitrogen and oxygen atoms in total. The third-order valence-corrected chi connectivity index (χ3v) is 5.63. The van der Waals surface area contributed by atoms with Gasteiger partial charge in [-0.25, -0.2) is 4.98 Å². The zero-order valence-electron chi connectivity index (χ0n) is 18.3. The second kappa shape index (κ2) is 11.1. The highest BCUT2D eigenvalue weighted by Gasteiger charge is 2.30. The van der Waals surface area contributed by atoms with Crippen molar-refractivity contribution in [1.29, 1.82) is 0 Å². The molecule has 0 bridgehead atoms. The molecule has 34 heavy (non-hydrogen) atoms. The van der Waals surface area contributed by atoms with Crippen LogP contribution in [-0.4, -0.2) is 47.3 Å². The number of amides is 2. The topological polar surface area (TPSA) is 87.2 Å². The summed E-state index contributed by atoms with van der Waals surface area (Å²) in [6.07, 6.45) is 0.134. The van der Waals surface area contributed by atoms with E-state index >= 15 is 0 Å². The molecular formula is C23H22F3N5O2S. The van der Waals surface area contributed by atoms with Gasteiger partial charge in [-0.15, -0.1) is 0 Å². The Morgan fingerprint density at radius 3 is 2.47 bits per heavy atom. The molecular weight excluding hydrogens is 467 g/mol. The van der Waals surface area contributed by atoms with Crippen molar-refractivity contribution in [2.24, 2.45) is 0 Å². The van der Waals surface area contributed by atoms with E-state index in [9.17, 15) is 22.8 Å². The summed E-state index contributed by atoms with van der Waals surface area (Å²) in [7, 11) is 3.53. The number of rotatable bonds is 8. The molecule has 2 N–H and O–H groups in total. The lowest BCUT2D eigenvalue weighted by Crippen LogP contribution is -2.35. The predicted molar refractivity (Wildman–Crippen MR) is 123 cm³/mol. The summed E-state index contributed by atoms with van der Waals surface area (Å²) in [5, 5.41) is 5.13. The smallest absolute Gasteiger partial charge is 0.339 e. The molecule has 3 rings (SSSR count). The van der Waals surface area contributed by atoms with E-state index in [1.807, 2.05) is 0 Å². The molecule has 0 aliphatic rings. The Bertz CT molecular complexity index is 1140. The Hall–Kier alpha value is -3.44. The van der Waals surface area contributed by atoms with Crippen LogP contribution in [0.5, 0.6) is 0 Å². The van der Waals surface area contributed by atoms with Gasteiger partial charge in [-0.3, -0.25) is 14.6 Å². The lowest BCUT2D eigenvalue weighted by molar-refractivity contribution is -0.137. The van der Waals surface area contributed by atoms with Gasteiger partial charge in [0.25, 0.3) is 5.91 Å². The van der Waals surface area contributed by atoms with Crippen LogP contribution in [0.15, 0.2) is 72.1 Å². The molecule has 11 heteroatoms. The highest BCUT2D eigenvalue weighted by Crippen LogP contribution is 2.34. The van der Waals surface area contributed by atoms with Crippen molar-refractivity contribution >= 4 is 29.3 Å². The zero-order valence-corrected chi connectivity index (χ0v) is 19.2. The molecule has 0 saturated heterocycles. The predicted octanol–water partition coefficient (Wildman–Crippen LogP) is 4.22. The van der Waals surface area contributed by atoms with Crippen LogP contribution in [0.1, 0.15) is 26.9 Å². The molecule has 1 unspecified atom stereocenters. The average Bonchev–Trinajstić information content (AvgIpc) is 2.78. The van der Waals surface area contributed by atoms with E-state index in [1.165, 1.54) is 24.4 Å². The van der Waals surface area contributed by atoms with E-state index in [4.69, 9.17) is 0 Å². The zero-order chi connectivity index (χ0) is 24.7. The maximum atomic E-state index is 13.0. The molecule has 0 spiro atoms. The number of carbonyl (C=O) groups excluding carboxylic acids is 2. The molecule has 0 saturated carbocycles. The molecule has 0 aliphatic heterocycles. The van der Waals surface area contributed by atoms with Crippen LogP contribution >= 0.6 is 11.8 Å². The maximum absolute atomic E-state index is 13.0. The van der Waals surface area contributed by atoms with E-state index in [0.29, 0.717) is 5.03 Å². The summed E-state index contributed by atoms with van der Waals surface area (Å²) in [6, 6.07) is 10.9. The van der Waals surface area contributed by atoms with E-state index in [2.05, 4.69) is 20.6 Å². The number of likely N-dealkylation sites (N-methyl/N-ethyl adjacent to an activating group) is 1. The average molecular weight is 490 g/mol. The third kappa shape index (κ3) is 7.03. The number of pyridine rings is 2. The Morgan fingerprint density at radius 2 is 1.79 bits per heavy atom. The standard InChI is InChI=1S/C23H22F3N5O2S/c1-31(2)14-19(32)30-21(15-8-11-27-12-9-15)34-22-18(7-4-10-28-22)20(33)29-17-6-3-5-16(13-17)23(24,25)26/h3-13,21H,14H2,1-2H3,(H,29,33)(H,30,32). The van der Waals surface area contributed by atoms with Crippen molar-refractivity contribution in [2.75, 3.05) is 26.0 Å². The normalized spacial score (nSPS) is 12.3. The van der Waals surface area contributed by atoms with Gasteiger partial charge >= 0.3 is 6.18 Å². The van der Waals surface area contributed by atoms with Crippen LogP contribution in [0.25, 0.3) is 0 Å². The van der Waals surface area contributed by atoms with Crippen molar-refractivity contribution < 1.29 is 22.8 Å². The Kier molecular flexibility index (Phi) is 8.24. The SMILES string of the molecule is CN(C)CC(=O)NC(Sc1ncccc1C(=O)Nc1cccc(C(F)(F)F)c1)c1ccncc1. The minimum absolute atomic E-state index is 0.00426. The van der Waals surface area contributed by atoms with E-state index in [0.717, 1.165) is 29.5 Å². The highest BCUT2D eigenvalue weighted by atomic mass is 32.2. The molecule has 1 atom stereocenters. The van der Waals surface area contributed by atoms with Gasteiger partial charge in [0, 0.05) is 24.3 Å². The van der Waals surface area contributed by atoms with Gasteiger partial charge < -0.3 is 15.5 Å². The number of anilines is 1. The first kappa shape index (κ1) is 25.2. The summed E-state index contributed by atoms with van der Waals surface area (Å²) in [5.74, 6) is -0.853. The first-order valence-electron chi connectivity index (χ1n) is 10.1. The maximum Gasteiger partial charge on any atom is 0.416 e. The summed E-state index contributed by atoms with van der Waals surface area (Å²) in [6.45, 7) is 0.160. The van der Waals surface area contributed by atoms with Crippen LogP contribution in [0.4, 0.5) is 18.9 Å². The van der Waals surface area contributed by atoms with Gasteiger partial charge in [0.15, 0.2) is 0 Å². The Labute approximate surface area is 198 Å². The molecule has 3 aromatic rings. The second-order valence-electron chi connectivity index (χ2n) is 7.47. The van der Waals surface area contributed by atoms with Crippen molar-refractivity contribution in [3.05, 3.63) is 83.8 Å². The van der Waals surface area contributed by atoms with Crippen LogP contribution in [0.3, 0.4) is 0 Å². The fourth-order valence-corrected chi connectivity index (χ4v) is 4.06. The fourth-order valence-electron chi connectivity index (χ4n) is 2.94. The van der Waals surface area contributed by atoms with Gasteiger partial charge in [0.2, 0.25) is 5.91 Å². The number of nitrogens with zero attached hydrogens (tertiary/aromatic N) is 3. The molecule has 0 fully saturated rings. The second-order valence-corrected chi connectivity index (χ2v) is 8.57. The van der Waals surface area contributed by atoms with Gasteiger partial charge in [-0.2, -0.15) is 13.2 Å². The molecule has 2 aromatic heterocycles. The number of carbonyl (C=O) groups is 2. The summed E-state index contributed by atoms with van der Waals surface area (Å²) in [5.41, 5.74) is 0.0323. The number of thioether (sulfide) groups is 1. The van der Waals surface area contributed by atoms with Crippen LogP contribution in [0, 0.1) is 0 Å². The number of halogens is 3. The van der Waals surface area contributed by atoms with E-state index in [1.54, 1.807) is 49.6 Å². The van der Waals surface area contributed by atoms with Gasteiger partial charge in [-0.1, -0.05) is 17.8 Å². The molecule has 0 radical (unpaired) electrons. The van der Waals surface area contributed by atoms with Gasteiger partial charge in [0.05, 0.1) is 17.7 Å². The lowest BCUT2D eigenvalue weighted by atomic mass is 10.2. The molecule has 2 heterocycles. The minimum Gasteiger partial charge on any atom is -0.339 e. The van der Waals surface area contributed by atoms with Crippen molar-refractivity contribution in [1.82, 2.24) is 20.2 Å². The quantitative estimate of drug-likeness (QED) is 0.364. The van der Waals surface area contributed by atoms with Gasteiger partial charge in [-0.05, 0) is 62.1 Å². The van der Waals surface area contributed by atoms with Crippen LogP contribution in [0.2, 0.25) is 0 Å². The van der Waals surface area contributed by atoms with Crippen molar-refractivity contribution in [2.45, 2.75) is 16.6 Å². The van der Waals surface area contributed by atoms with Crippen molar-refractivity contribution in [3.63, 3.8) is 0 Å². The first-order chi connectivity index (χ1) is 16.1. The minimum atomic E-state index is -4.53. The van der Waals surface area contributed by atoms with E-state index in [-0.39, 0.29) is 23.7 Å². The van der Waals surface area contributed by atoms with Crippen LogP contribution in [-0.2, 0) is 11.0 Å². The summed E-state index contributed by atoms with van der Waals surface area (Å²) >= 11 is 1.14. The first-order valence-corrected chi connectivity index (χ1v) is 11.0. The Balaban J connectivity index is 1.85. The van der Waals surface area contributed by atoms with Crippen LogP contribution < -0.4 is 10.6 Å². The molecule has 0 aliphatic carbocycles. The van der Waals surface area contributed by atoms with Crippen molar-refractivity contribution in [3.8, 4) is 0 Å². The number of benzene rings is 1. The monoisotopic (exact) mass is 489 g/mol. The number of nitrogens with one attached hydrogen (secondary N) is 2. The lowest BCUT2D eigenvalue weighted by Gasteiger charge is -2.20. The Morgan fingerprint density at radius 1 is 1.06 bits per heavy atom. The number of aromatic nitrogens is 2. The number of hydrogen-bond acceptors (Lipinski definition) is 6. The largest absolute Gasteiger partial charge is 0.416 e. The molecule has 2 amide bonds. The number of alkyl halides is 3. The third-order valence-electron chi connectivity index (χ3n) is 4.45. The fraction of sp³-hybridized carbons (Fsp3) is 0.217. The highest BCUT2D eigenvalue weighted by molar-refractivity contribution is 7.99. The molecule has 178 valence electrons. The number of hydrogen-bond donors (Lipinski definition) is 2. The summed E-state index contributed by atoms with van der Waals surface area (Å²) in [4.78, 5) is 35.3. The van der Waals surface area contributed by atoms with E-state index < -0.39 is 23.0 Å².